The maximum Gasteiger partial charge on any atom is -0.00182 e. The highest BCUT2D eigenvalue weighted by molar-refractivity contribution is 4.87. The van der Waals surface area contributed by atoms with Crippen LogP contribution in [0.4, 0.5) is 0 Å². The summed E-state index contributed by atoms with van der Waals surface area (Å²) in [5, 5.41) is 3.41. The van der Waals surface area contributed by atoms with Crippen LogP contribution in [0.5, 0.6) is 0 Å². The molecule has 1 unspecified atom stereocenters. The second-order valence-electron chi connectivity index (χ2n) is 5.31. The van der Waals surface area contributed by atoms with E-state index in [4.69, 9.17) is 0 Å². The van der Waals surface area contributed by atoms with E-state index in [2.05, 4.69) is 12.4 Å². The lowest BCUT2D eigenvalue weighted by Crippen LogP contribution is -2.27. The van der Waals surface area contributed by atoms with E-state index in [1.54, 1.807) is 0 Å². The molecule has 2 aliphatic carbocycles. The minimum absolute atomic E-state index is 1.01. The SMILES string of the molecule is CNCC(C1CCCCCC1)C1CC1. The Morgan fingerprint density at radius 2 is 1.50 bits per heavy atom. The molecule has 82 valence electrons. The smallest absolute Gasteiger partial charge is 0.00182 e. The van der Waals surface area contributed by atoms with Crippen LogP contribution in [0, 0.1) is 17.8 Å². The summed E-state index contributed by atoms with van der Waals surface area (Å²) in [6.45, 7) is 1.27. The van der Waals surface area contributed by atoms with Crippen molar-refractivity contribution in [3.63, 3.8) is 0 Å². The Morgan fingerprint density at radius 3 is 2.00 bits per heavy atom. The molecule has 0 saturated heterocycles. The van der Waals surface area contributed by atoms with Gasteiger partial charge in [-0.1, -0.05) is 38.5 Å². The molecule has 0 aromatic carbocycles. The Bertz CT molecular complexity index is 155. The minimum Gasteiger partial charge on any atom is -0.319 e. The first-order valence-electron chi connectivity index (χ1n) is 6.56. The Labute approximate surface area is 88.7 Å². The van der Waals surface area contributed by atoms with Crippen LogP contribution in [0.15, 0.2) is 0 Å². The predicted molar refractivity (Wildman–Crippen MR) is 61.3 cm³/mol. The van der Waals surface area contributed by atoms with Crippen LogP contribution in [0.1, 0.15) is 51.4 Å². The highest BCUT2D eigenvalue weighted by Gasteiger charge is 2.35. The minimum atomic E-state index is 1.01. The molecule has 1 atom stereocenters. The Hall–Kier alpha value is -0.0400. The van der Waals surface area contributed by atoms with E-state index in [1.807, 2.05) is 0 Å². The molecule has 0 amide bonds. The van der Waals surface area contributed by atoms with Crippen molar-refractivity contribution in [2.45, 2.75) is 51.4 Å². The van der Waals surface area contributed by atoms with Gasteiger partial charge in [0.1, 0.15) is 0 Å². The molecule has 0 heterocycles. The number of rotatable bonds is 4. The van der Waals surface area contributed by atoms with Gasteiger partial charge < -0.3 is 5.32 Å². The Kier molecular flexibility index (Phi) is 3.86. The van der Waals surface area contributed by atoms with Gasteiger partial charge in [-0.3, -0.25) is 0 Å². The van der Waals surface area contributed by atoms with Crippen LogP contribution in [0.2, 0.25) is 0 Å². The second-order valence-corrected chi connectivity index (χ2v) is 5.31. The van der Waals surface area contributed by atoms with Gasteiger partial charge in [-0.25, -0.2) is 0 Å². The number of hydrogen-bond acceptors (Lipinski definition) is 1. The average Bonchev–Trinajstić information content (AvgIpc) is 3.02. The van der Waals surface area contributed by atoms with Gasteiger partial charge in [0.2, 0.25) is 0 Å². The molecular formula is C13H25N. The summed E-state index contributed by atoms with van der Waals surface area (Å²) in [4.78, 5) is 0. The first-order valence-corrected chi connectivity index (χ1v) is 6.56. The molecule has 1 heteroatoms. The molecule has 0 aromatic heterocycles. The van der Waals surface area contributed by atoms with Crippen molar-refractivity contribution in [3.8, 4) is 0 Å². The molecular weight excluding hydrogens is 170 g/mol. The fourth-order valence-corrected chi connectivity index (χ4v) is 3.22. The number of hydrogen-bond donors (Lipinski definition) is 1. The summed E-state index contributed by atoms with van der Waals surface area (Å²) in [5.41, 5.74) is 0. The van der Waals surface area contributed by atoms with Crippen molar-refractivity contribution in [1.82, 2.24) is 5.32 Å². The topological polar surface area (TPSA) is 12.0 Å². The Morgan fingerprint density at radius 1 is 0.929 bits per heavy atom. The molecule has 0 aliphatic heterocycles. The van der Waals surface area contributed by atoms with Gasteiger partial charge in [0.25, 0.3) is 0 Å². The van der Waals surface area contributed by atoms with Crippen LogP contribution in [0.3, 0.4) is 0 Å². The lowest BCUT2D eigenvalue weighted by Gasteiger charge is -2.25. The summed E-state index contributed by atoms with van der Waals surface area (Å²) >= 11 is 0. The van der Waals surface area contributed by atoms with Crippen LogP contribution in [-0.4, -0.2) is 13.6 Å². The maximum absolute atomic E-state index is 3.41. The molecule has 2 saturated carbocycles. The molecule has 0 bridgehead atoms. The number of nitrogens with one attached hydrogen (secondary N) is 1. The van der Waals surface area contributed by atoms with Gasteiger partial charge in [-0.15, -0.1) is 0 Å². The molecule has 0 radical (unpaired) electrons. The van der Waals surface area contributed by atoms with Crippen molar-refractivity contribution in [2.24, 2.45) is 17.8 Å². The van der Waals surface area contributed by atoms with Gasteiger partial charge in [-0.05, 0) is 44.2 Å². The highest BCUT2D eigenvalue weighted by atomic mass is 14.8. The van der Waals surface area contributed by atoms with Crippen LogP contribution in [0.25, 0.3) is 0 Å². The fourth-order valence-electron chi connectivity index (χ4n) is 3.22. The van der Waals surface area contributed by atoms with Gasteiger partial charge in [0, 0.05) is 0 Å². The molecule has 14 heavy (non-hydrogen) atoms. The van der Waals surface area contributed by atoms with Gasteiger partial charge >= 0.3 is 0 Å². The largest absolute Gasteiger partial charge is 0.319 e. The molecule has 2 aliphatic rings. The van der Waals surface area contributed by atoms with Crippen LogP contribution in [-0.2, 0) is 0 Å². The summed E-state index contributed by atoms with van der Waals surface area (Å²) in [5.74, 6) is 3.15. The molecule has 2 rings (SSSR count). The van der Waals surface area contributed by atoms with E-state index in [0.717, 1.165) is 17.8 Å². The maximum atomic E-state index is 3.41. The normalized spacial score (nSPS) is 27.2. The zero-order valence-electron chi connectivity index (χ0n) is 9.60. The summed E-state index contributed by atoms with van der Waals surface area (Å²) in [7, 11) is 2.12. The van der Waals surface area contributed by atoms with Gasteiger partial charge in [0.05, 0.1) is 0 Å². The molecule has 1 N–H and O–H groups in total. The van der Waals surface area contributed by atoms with Crippen molar-refractivity contribution in [2.75, 3.05) is 13.6 Å². The monoisotopic (exact) mass is 195 g/mol. The van der Waals surface area contributed by atoms with Crippen molar-refractivity contribution in [1.29, 1.82) is 0 Å². The quantitative estimate of drug-likeness (QED) is 0.679. The molecule has 2 fully saturated rings. The first-order chi connectivity index (χ1) is 6.92. The van der Waals surface area contributed by atoms with Gasteiger partial charge in [-0.2, -0.15) is 0 Å². The highest BCUT2D eigenvalue weighted by Crippen LogP contribution is 2.43. The first kappa shape index (κ1) is 10.5. The van der Waals surface area contributed by atoms with Gasteiger partial charge in [0.15, 0.2) is 0 Å². The van der Waals surface area contributed by atoms with E-state index in [-0.39, 0.29) is 0 Å². The summed E-state index contributed by atoms with van der Waals surface area (Å²) in [6.07, 6.45) is 12.0. The zero-order chi connectivity index (χ0) is 9.80. The average molecular weight is 195 g/mol. The standard InChI is InChI=1S/C13H25N/c1-14-10-13(12-8-9-12)11-6-4-2-3-5-7-11/h11-14H,2-10H2,1H3. The third-order valence-electron chi connectivity index (χ3n) is 4.17. The fraction of sp³-hybridized carbons (Fsp3) is 1.00. The molecule has 0 aromatic rings. The van der Waals surface area contributed by atoms with Crippen LogP contribution < -0.4 is 5.32 Å². The van der Waals surface area contributed by atoms with E-state index >= 15 is 0 Å². The lowest BCUT2D eigenvalue weighted by atomic mass is 9.83. The molecule has 0 spiro atoms. The van der Waals surface area contributed by atoms with Crippen LogP contribution >= 0.6 is 0 Å². The summed E-state index contributed by atoms with van der Waals surface area (Å²) in [6, 6.07) is 0. The third kappa shape index (κ3) is 2.73. The predicted octanol–water partition coefficient (Wildman–Crippen LogP) is 3.20. The second kappa shape index (κ2) is 5.16. The summed E-state index contributed by atoms with van der Waals surface area (Å²) < 4.78 is 0. The van der Waals surface area contributed by atoms with E-state index < -0.39 is 0 Å². The zero-order valence-corrected chi connectivity index (χ0v) is 9.60. The Balaban J connectivity index is 1.86. The lowest BCUT2D eigenvalue weighted by molar-refractivity contribution is 0.261. The molecule has 1 nitrogen and oxygen atoms in total. The van der Waals surface area contributed by atoms with E-state index in [0.29, 0.717) is 0 Å². The third-order valence-corrected chi connectivity index (χ3v) is 4.17. The van der Waals surface area contributed by atoms with E-state index in [9.17, 15) is 0 Å². The van der Waals surface area contributed by atoms with Crippen molar-refractivity contribution < 1.29 is 0 Å². The van der Waals surface area contributed by atoms with Crippen molar-refractivity contribution >= 4 is 0 Å². The van der Waals surface area contributed by atoms with E-state index in [1.165, 1.54) is 57.9 Å². The van der Waals surface area contributed by atoms with Crippen molar-refractivity contribution in [3.05, 3.63) is 0 Å².